The summed E-state index contributed by atoms with van der Waals surface area (Å²) in [6.07, 6.45) is 8.36. The van der Waals surface area contributed by atoms with E-state index in [0.717, 1.165) is 102 Å². The molecule has 0 saturated carbocycles. The smallest absolute Gasteiger partial charge is 0.269 e. The SMILES string of the molecule is CC(C)(C)c1ccnc(-n2c3ccccc3c3ccc(Oc4cccc(-n5[c-][n+]6c7c(cc(-c8ccc9oc%10ccccc%10c9c8)cc75)-c5ccccc5-c5cc7c(cc5-c5cc(C(C)(C)C)cc(C(C)(C)C)c5-6)C(C)(C)CCC7(C)C)c4)cc32)c1. The Morgan fingerprint density at radius 3 is 1.86 bits per heavy atom. The summed E-state index contributed by atoms with van der Waals surface area (Å²) in [6.45, 7) is 30.8. The van der Waals surface area contributed by atoms with Crippen molar-refractivity contribution in [2.24, 2.45) is 0 Å². The van der Waals surface area contributed by atoms with Crippen LogP contribution in [-0.2, 0) is 27.1 Å². The number of rotatable bonds is 5. The first-order valence-electron chi connectivity index (χ1n) is 30.7. The maximum absolute atomic E-state index is 7.06. The van der Waals surface area contributed by atoms with Crippen LogP contribution in [0.25, 0.3) is 116 Å². The van der Waals surface area contributed by atoms with Crippen molar-refractivity contribution in [3.63, 3.8) is 0 Å². The van der Waals surface area contributed by atoms with Crippen molar-refractivity contribution < 1.29 is 13.7 Å². The minimum Gasteiger partial charge on any atom is -0.458 e. The van der Waals surface area contributed by atoms with E-state index in [2.05, 4.69) is 286 Å². The zero-order chi connectivity index (χ0) is 59.6. The molecule has 6 nitrogen and oxygen atoms in total. The first-order chi connectivity index (χ1) is 41.0. The van der Waals surface area contributed by atoms with Gasteiger partial charge in [0.15, 0.2) is 0 Å². The van der Waals surface area contributed by atoms with Gasteiger partial charge in [-0.15, -0.1) is 0 Å². The fraction of sp³-hybridized carbons (Fsp3) is 0.250. The molecule has 0 unspecified atom stereocenters. The Bertz CT molecular complexity index is 4980. The summed E-state index contributed by atoms with van der Waals surface area (Å²) in [7, 11) is 0. The predicted octanol–water partition coefficient (Wildman–Crippen LogP) is 21.1. The molecule has 0 bridgehead atoms. The van der Waals surface area contributed by atoms with Crippen molar-refractivity contribution in [2.45, 2.75) is 130 Å². The maximum atomic E-state index is 7.06. The van der Waals surface area contributed by atoms with Gasteiger partial charge in [-0.05, 0) is 191 Å². The van der Waals surface area contributed by atoms with Crippen LogP contribution in [0, 0.1) is 6.33 Å². The van der Waals surface area contributed by atoms with Crippen LogP contribution >= 0.6 is 0 Å². The van der Waals surface area contributed by atoms with Crippen LogP contribution in [0.15, 0.2) is 193 Å². The number of fused-ring (bicyclic) bond motifs is 14. The van der Waals surface area contributed by atoms with E-state index >= 15 is 0 Å². The van der Waals surface area contributed by atoms with Crippen LogP contribution in [-0.4, -0.2) is 14.1 Å². The highest BCUT2D eigenvalue weighted by Crippen LogP contribution is 2.53. The summed E-state index contributed by atoms with van der Waals surface area (Å²) in [5, 5.41) is 4.51. The van der Waals surface area contributed by atoms with Gasteiger partial charge in [-0.25, -0.2) is 4.98 Å². The Kier molecular flexibility index (Phi) is 11.7. The van der Waals surface area contributed by atoms with Gasteiger partial charge in [0.05, 0.1) is 33.4 Å². The van der Waals surface area contributed by atoms with Crippen molar-refractivity contribution in [1.29, 1.82) is 0 Å². The summed E-state index contributed by atoms with van der Waals surface area (Å²) < 4.78 is 20.5. The average molecular weight is 1120 g/mol. The van der Waals surface area contributed by atoms with E-state index in [1.54, 1.807) is 0 Å². The molecule has 9 aromatic carbocycles. The molecule has 1 aliphatic heterocycles. The van der Waals surface area contributed by atoms with Crippen molar-refractivity contribution in [3.05, 3.63) is 222 Å². The monoisotopic (exact) mass is 1120 g/mol. The molecule has 2 aliphatic rings. The van der Waals surface area contributed by atoms with E-state index in [-0.39, 0.29) is 27.1 Å². The van der Waals surface area contributed by atoms with Gasteiger partial charge in [-0.3, -0.25) is 13.7 Å². The molecule has 0 N–H and O–H groups in total. The molecule has 4 aromatic heterocycles. The number of ether oxygens (including phenoxy) is 1. The third-order valence-electron chi connectivity index (χ3n) is 19.1. The Morgan fingerprint density at radius 1 is 0.477 bits per heavy atom. The summed E-state index contributed by atoms with van der Waals surface area (Å²) in [5.41, 5.74) is 23.8. The molecule has 0 spiro atoms. The number of benzene rings is 9. The Balaban J connectivity index is 1.01. The second kappa shape index (κ2) is 18.7. The second-order valence-electron chi connectivity index (χ2n) is 28.9. The van der Waals surface area contributed by atoms with E-state index in [9.17, 15) is 0 Å². The highest BCUT2D eigenvalue weighted by molar-refractivity contribution is 6.10. The Hall–Kier alpha value is -9.00. The van der Waals surface area contributed by atoms with Crippen molar-refractivity contribution >= 4 is 54.8 Å². The predicted molar refractivity (Wildman–Crippen MR) is 356 cm³/mol. The van der Waals surface area contributed by atoms with Gasteiger partial charge in [0.25, 0.3) is 6.33 Å². The van der Waals surface area contributed by atoms with Crippen LogP contribution in [0.3, 0.4) is 0 Å². The summed E-state index contributed by atoms with van der Waals surface area (Å²) in [6, 6.07) is 67.2. The quantitative estimate of drug-likeness (QED) is 0.127. The molecule has 0 atom stereocenters. The first-order valence-corrected chi connectivity index (χ1v) is 30.7. The van der Waals surface area contributed by atoms with Crippen molar-refractivity contribution in [3.8, 4) is 73.2 Å². The van der Waals surface area contributed by atoms with Crippen LogP contribution in [0.2, 0.25) is 0 Å². The maximum Gasteiger partial charge on any atom is 0.269 e. The van der Waals surface area contributed by atoms with E-state index < -0.39 is 0 Å². The minimum atomic E-state index is -0.272. The molecule has 86 heavy (non-hydrogen) atoms. The van der Waals surface area contributed by atoms with Crippen LogP contribution in [0.1, 0.15) is 131 Å². The first kappa shape index (κ1) is 53.7. The Morgan fingerprint density at radius 2 is 1.13 bits per heavy atom. The van der Waals surface area contributed by atoms with Crippen LogP contribution in [0.5, 0.6) is 11.5 Å². The number of hydrogen-bond acceptors (Lipinski definition) is 3. The van der Waals surface area contributed by atoms with Crippen LogP contribution < -0.4 is 9.30 Å². The second-order valence-corrected chi connectivity index (χ2v) is 28.9. The molecule has 13 aromatic rings. The molecule has 0 amide bonds. The molecule has 0 radical (unpaired) electrons. The van der Waals surface area contributed by atoms with Crippen molar-refractivity contribution in [1.82, 2.24) is 14.1 Å². The highest BCUT2D eigenvalue weighted by Gasteiger charge is 2.40. The zero-order valence-electron chi connectivity index (χ0n) is 51.9. The van der Waals surface area contributed by atoms with Gasteiger partial charge in [0.2, 0.25) is 0 Å². The topological polar surface area (TPSA) is 49.0 Å². The summed E-state index contributed by atoms with van der Waals surface area (Å²) in [5.74, 6) is 2.33. The number of aromatic nitrogens is 4. The lowest BCUT2D eigenvalue weighted by Crippen LogP contribution is -2.36. The van der Waals surface area contributed by atoms with Gasteiger partial charge >= 0.3 is 0 Å². The molecule has 15 rings (SSSR count). The highest BCUT2D eigenvalue weighted by atomic mass is 16.5. The Labute approximate surface area is 505 Å². The van der Waals surface area contributed by atoms with Gasteiger partial charge in [-0.2, -0.15) is 0 Å². The van der Waals surface area contributed by atoms with E-state index in [0.29, 0.717) is 5.75 Å². The van der Waals surface area contributed by atoms with Gasteiger partial charge in [-0.1, -0.05) is 187 Å². The fourth-order valence-corrected chi connectivity index (χ4v) is 14.1. The molecule has 0 saturated heterocycles. The van der Waals surface area contributed by atoms with Gasteiger partial charge in [0.1, 0.15) is 28.5 Å². The van der Waals surface area contributed by atoms with Crippen LogP contribution in [0.4, 0.5) is 0 Å². The largest absolute Gasteiger partial charge is 0.458 e. The number of furan rings is 1. The van der Waals surface area contributed by atoms with E-state index in [1.807, 2.05) is 12.3 Å². The summed E-state index contributed by atoms with van der Waals surface area (Å²) >= 11 is 0. The van der Waals surface area contributed by atoms with Crippen molar-refractivity contribution in [2.75, 3.05) is 0 Å². The lowest BCUT2D eigenvalue weighted by atomic mass is 9.62. The molecule has 426 valence electrons. The molecular formula is C80H74N4O2. The number of para-hydroxylation sites is 2. The molecule has 6 heteroatoms. The lowest BCUT2D eigenvalue weighted by Gasteiger charge is -2.43. The van der Waals surface area contributed by atoms with E-state index in [1.165, 1.54) is 61.0 Å². The minimum absolute atomic E-state index is 0.00525. The molecule has 0 fully saturated rings. The number of nitrogens with zero attached hydrogens (tertiary/aromatic N) is 4. The average Bonchev–Trinajstić information content (AvgIpc) is 1.49. The number of imidazole rings is 1. The van der Waals surface area contributed by atoms with Gasteiger partial charge in [0, 0.05) is 33.8 Å². The van der Waals surface area contributed by atoms with Gasteiger partial charge < -0.3 is 9.15 Å². The summed E-state index contributed by atoms with van der Waals surface area (Å²) in [4.78, 5) is 4.97. The fourth-order valence-electron chi connectivity index (χ4n) is 14.1. The third kappa shape index (κ3) is 8.56. The molecule has 1 aliphatic carbocycles. The lowest BCUT2D eigenvalue weighted by molar-refractivity contribution is -0.572. The number of pyridine rings is 1. The molecular weight excluding hydrogens is 1050 g/mol. The number of hydrogen-bond donors (Lipinski definition) is 0. The zero-order valence-corrected chi connectivity index (χ0v) is 51.9. The standard InChI is InChI=1S/C80H74N4O2/c1-76(2,3)50-33-36-81-73(42-50)84-68-27-18-16-25-57(68)58-31-30-54(44-69(58)84)85-53-22-20-21-52(43-53)82-47-83-74-64(40-51(77(4,5)6)41-67(74)78(7,8)9)61-46-66-65(79(10,11)34-35-80(66,12)13)45-60(61)55-23-14-15-24-56(55)63-38-49(39-70(82)75(63)83)48-29-32-72-62(37-48)59-26-17-19-28-71(59)86-72/h14-33,36-46H,34-35H2,1-13H3. The molecule has 5 heterocycles. The third-order valence-corrected chi connectivity index (χ3v) is 19.1. The normalized spacial score (nSPS) is 14.7. The van der Waals surface area contributed by atoms with E-state index in [4.69, 9.17) is 14.1 Å².